The van der Waals surface area contributed by atoms with Gasteiger partial charge in [-0.05, 0) is 58.7 Å². The summed E-state index contributed by atoms with van der Waals surface area (Å²) in [5.41, 5.74) is -1.24. The molecule has 37 heavy (non-hydrogen) atoms. The van der Waals surface area contributed by atoms with Crippen LogP contribution in [0.4, 0.5) is 0 Å². The van der Waals surface area contributed by atoms with Crippen LogP contribution in [0.25, 0.3) is 10.9 Å². The maximum absolute atomic E-state index is 14.2. The van der Waals surface area contributed by atoms with E-state index >= 15 is 0 Å². The van der Waals surface area contributed by atoms with Gasteiger partial charge in [0.25, 0.3) is 11.6 Å². The van der Waals surface area contributed by atoms with Gasteiger partial charge in [-0.25, -0.2) is 9.78 Å². The smallest absolute Gasteiger partial charge is 0.287 e. The largest absolute Gasteiger partial charge is 0.497 e. The average molecular weight is 510 g/mol. The van der Waals surface area contributed by atoms with Crippen molar-refractivity contribution < 1.29 is 34.0 Å². The van der Waals surface area contributed by atoms with Gasteiger partial charge in [0.05, 0.1) is 29.9 Å². The van der Waals surface area contributed by atoms with E-state index in [0.29, 0.717) is 41.7 Å². The van der Waals surface area contributed by atoms with E-state index < -0.39 is 47.2 Å². The molecule has 2 fully saturated rings. The molecule has 2 amide bonds. The van der Waals surface area contributed by atoms with Crippen LogP contribution in [0.5, 0.6) is 5.75 Å². The van der Waals surface area contributed by atoms with Crippen LogP contribution < -0.4 is 4.74 Å². The molecule has 0 radical (unpaired) electrons. The SMILES string of the molecule is COc1ccc2c3c4n(c2c1)C(C=C(C)C)OOC(C)(C)C[C@@H]4N1C(=O)[C@@H]2CCCN2C(=O)[C@]1(O)C3=O. The molecule has 0 saturated carbocycles. The zero-order chi connectivity index (χ0) is 26.4. The zero-order valence-electron chi connectivity index (χ0n) is 21.6. The van der Waals surface area contributed by atoms with Gasteiger partial charge in [-0.1, -0.05) is 5.57 Å². The molecule has 2 saturated heterocycles. The van der Waals surface area contributed by atoms with Gasteiger partial charge in [0, 0.05) is 24.4 Å². The number of methoxy groups -OCH3 is 1. The minimum absolute atomic E-state index is 0.191. The minimum atomic E-state index is -2.63. The van der Waals surface area contributed by atoms with Crippen molar-refractivity contribution in [2.75, 3.05) is 13.7 Å². The summed E-state index contributed by atoms with van der Waals surface area (Å²) in [6, 6.07) is 3.74. The second kappa shape index (κ2) is 7.89. The van der Waals surface area contributed by atoms with E-state index in [0.717, 1.165) is 10.5 Å². The maximum atomic E-state index is 14.2. The van der Waals surface area contributed by atoms with Crippen LogP contribution in [0, 0.1) is 0 Å². The number of ether oxygens (including phenoxy) is 1. The third-order valence-electron chi connectivity index (χ3n) is 7.89. The lowest BCUT2D eigenvalue weighted by molar-refractivity contribution is -0.389. The number of hydrogen-bond donors (Lipinski definition) is 1. The summed E-state index contributed by atoms with van der Waals surface area (Å²) in [7, 11) is 1.55. The van der Waals surface area contributed by atoms with Crippen LogP contribution in [0.15, 0.2) is 29.8 Å². The number of piperazine rings is 1. The summed E-state index contributed by atoms with van der Waals surface area (Å²) in [6.07, 6.45) is 2.41. The molecule has 1 N–H and O–H groups in total. The normalized spacial score (nSPS) is 30.4. The third-order valence-corrected chi connectivity index (χ3v) is 7.89. The van der Waals surface area contributed by atoms with Crippen molar-refractivity contribution in [3.63, 3.8) is 0 Å². The molecule has 2 aromatic rings. The van der Waals surface area contributed by atoms with E-state index in [4.69, 9.17) is 14.5 Å². The molecule has 0 bridgehead atoms. The van der Waals surface area contributed by atoms with Gasteiger partial charge in [-0.15, -0.1) is 0 Å². The van der Waals surface area contributed by atoms with Crippen molar-refractivity contribution in [2.45, 2.75) is 76.6 Å². The molecule has 1 aromatic carbocycles. The number of aromatic nitrogens is 1. The number of nitrogens with zero attached hydrogens (tertiary/aromatic N) is 3. The van der Waals surface area contributed by atoms with Gasteiger partial charge in [0.1, 0.15) is 17.4 Å². The molecule has 10 nitrogen and oxygen atoms in total. The van der Waals surface area contributed by atoms with Gasteiger partial charge < -0.3 is 19.3 Å². The number of carbonyl (C=O) groups excluding carboxylic acids is 3. The molecule has 4 atom stereocenters. The molecular weight excluding hydrogens is 478 g/mol. The number of fused-ring (bicyclic) bond motifs is 6. The van der Waals surface area contributed by atoms with Gasteiger partial charge in [-0.2, -0.15) is 0 Å². The predicted octanol–water partition coefficient (Wildman–Crippen LogP) is 3.00. The molecule has 1 unspecified atom stereocenters. The second-order valence-electron chi connectivity index (χ2n) is 11.2. The Kier molecular flexibility index (Phi) is 5.15. The van der Waals surface area contributed by atoms with Gasteiger partial charge >= 0.3 is 0 Å². The highest BCUT2D eigenvalue weighted by Crippen LogP contribution is 2.52. The highest BCUT2D eigenvalue weighted by atomic mass is 17.2. The maximum Gasteiger partial charge on any atom is 0.287 e. The number of benzene rings is 1. The molecule has 0 aliphatic carbocycles. The van der Waals surface area contributed by atoms with Crippen molar-refractivity contribution in [2.24, 2.45) is 0 Å². The molecule has 5 heterocycles. The summed E-state index contributed by atoms with van der Waals surface area (Å²) in [5.74, 6) is -1.40. The molecule has 1 aromatic heterocycles. The molecule has 10 heteroatoms. The van der Waals surface area contributed by atoms with E-state index in [-0.39, 0.29) is 12.0 Å². The number of amides is 2. The number of aliphatic hydroxyl groups is 1. The molecule has 6 rings (SSSR count). The Hall–Kier alpha value is -3.21. The van der Waals surface area contributed by atoms with E-state index in [1.807, 2.05) is 38.3 Å². The number of hydrogen-bond acceptors (Lipinski definition) is 7. The highest BCUT2D eigenvalue weighted by Gasteiger charge is 2.67. The Morgan fingerprint density at radius 2 is 1.95 bits per heavy atom. The zero-order valence-corrected chi connectivity index (χ0v) is 21.6. The summed E-state index contributed by atoms with van der Waals surface area (Å²) in [6.45, 7) is 7.83. The van der Waals surface area contributed by atoms with Crippen molar-refractivity contribution >= 4 is 28.5 Å². The van der Waals surface area contributed by atoms with Crippen LogP contribution in [0.3, 0.4) is 0 Å². The fourth-order valence-corrected chi connectivity index (χ4v) is 6.35. The molecule has 0 spiro atoms. The van der Waals surface area contributed by atoms with Crippen molar-refractivity contribution in [1.29, 1.82) is 0 Å². The summed E-state index contributed by atoms with van der Waals surface area (Å²) >= 11 is 0. The standard InChI is InChI=1S/C27H31N3O7/c1-14(2)11-20-29-18-12-15(35-5)8-9-16(18)21-22(29)19(13-26(3,4)37-36-20)30-24(32)17-7-6-10-28(17)25(33)27(30,34)23(21)31/h8-9,11-12,17,19-20,34H,6-7,10,13H2,1-5H3/t17-,19-,20?,27+/m0/s1. The van der Waals surface area contributed by atoms with Crippen LogP contribution in [0.1, 0.15) is 75.3 Å². The van der Waals surface area contributed by atoms with Crippen LogP contribution in [-0.2, 0) is 19.4 Å². The number of ketones is 1. The Labute approximate surface area is 214 Å². The van der Waals surface area contributed by atoms with Crippen molar-refractivity contribution in [3.8, 4) is 5.75 Å². The van der Waals surface area contributed by atoms with E-state index in [2.05, 4.69) is 0 Å². The topological polar surface area (TPSA) is 111 Å². The van der Waals surface area contributed by atoms with Crippen LogP contribution >= 0.6 is 0 Å². The molecule has 4 aliphatic heterocycles. The fraction of sp³-hybridized carbons (Fsp3) is 0.519. The monoisotopic (exact) mass is 509 g/mol. The Balaban J connectivity index is 1.72. The van der Waals surface area contributed by atoms with Crippen molar-refractivity contribution in [1.82, 2.24) is 14.4 Å². The lowest BCUT2D eigenvalue weighted by atomic mass is 9.80. The van der Waals surface area contributed by atoms with E-state index in [1.165, 1.54) is 4.90 Å². The first-order valence-corrected chi connectivity index (χ1v) is 12.6. The lowest BCUT2D eigenvalue weighted by Gasteiger charge is -2.53. The van der Waals surface area contributed by atoms with E-state index in [1.54, 1.807) is 25.3 Å². The Bertz CT molecular complexity index is 1390. The molecule has 4 aliphatic rings. The summed E-state index contributed by atoms with van der Waals surface area (Å²) in [4.78, 5) is 56.3. The molecular formula is C27H31N3O7. The number of allylic oxidation sites excluding steroid dienone is 1. The average Bonchev–Trinajstić information content (AvgIpc) is 3.46. The van der Waals surface area contributed by atoms with Crippen LogP contribution in [-0.4, -0.2) is 68.1 Å². The fourth-order valence-electron chi connectivity index (χ4n) is 6.35. The van der Waals surface area contributed by atoms with Gasteiger partial charge in [0.15, 0.2) is 6.23 Å². The first-order valence-electron chi connectivity index (χ1n) is 12.6. The predicted molar refractivity (Wildman–Crippen MR) is 131 cm³/mol. The second-order valence-corrected chi connectivity index (χ2v) is 11.2. The number of Topliss-reactive ketones (excluding diaryl/α,β-unsaturated/α-hetero) is 1. The van der Waals surface area contributed by atoms with E-state index in [9.17, 15) is 19.5 Å². The Morgan fingerprint density at radius 3 is 2.65 bits per heavy atom. The van der Waals surface area contributed by atoms with Crippen LogP contribution in [0.2, 0.25) is 0 Å². The lowest BCUT2D eigenvalue weighted by Crippen LogP contribution is -2.75. The van der Waals surface area contributed by atoms with Crippen molar-refractivity contribution in [3.05, 3.63) is 41.1 Å². The number of carbonyl (C=O) groups is 3. The quantitative estimate of drug-likeness (QED) is 0.376. The van der Waals surface area contributed by atoms with Gasteiger partial charge in [-0.3, -0.25) is 19.3 Å². The minimum Gasteiger partial charge on any atom is -0.497 e. The number of rotatable bonds is 2. The van der Waals surface area contributed by atoms with Gasteiger partial charge in [0.2, 0.25) is 11.7 Å². The molecule has 196 valence electrons. The summed E-state index contributed by atoms with van der Waals surface area (Å²) in [5, 5.41) is 12.5. The Morgan fingerprint density at radius 1 is 1.19 bits per heavy atom. The highest BCUT2D eigenvalue weighted by molar-refractivity contribution is 6.25. The third kappa shape index (κ3) is 3.19. The summed E-state index contributed by atoms with van der Waals surface area (Å²) < 4.78 is 7.30. The first-order chi connectivity index (χ1) is 17.5. The first kappa shape index (κ1) is 24.1.